The molecule has 0 saturated carbocycles. The quantitative estimate of drug-likeness (QED) is 0.846. The number of anilines is 1. The first-order chi connectivity index (χ1) is 9.47. The molecule has 0 bridgehead atoms. The van der Waals surface area contributed by atoms with E-state index in [0.717, 1.165) is 5.56 Å². The number of halogens is 1. The maximum Gasteiger partial charge on any atom is 0.337 e. The van der Waals surface area contributed by atoms with Crippen LogP contribution in [0.2, 0.25) is 5.02 Å². The van der Waals surface area contributed by atoms with Gasteiger partial charge in [-0.25, -0.2) is 4.79 Å². The van der Waals surface area contributed by atoms with Gasteiger partial charge in [0, 0.05) is 10.7 Å². The molecule has 0 aliphatic carbocycles. The van der Waals surface area contributed by atoms with Crippen LogP contribution >= 0.6 is 11.6 Å². The Bertz CT molecular complexity index is 638. The largest absolute Gasteiger partial charge is 0.489 e. The second-order valence-electron chi connectivity index (χ2n) is 4.42. The number of carboxylic acid groups (broad SMARTS) is 1. The lowest BCUT2D eigenvalue weighted by molar-refractivity contribution is 0.0697. The normalized spacial score (nSPS) is 10.3. The van der Waals surface area contributed by atoms with Crippen LogP contribution in [0.5, 0.6) is 5.75 Å². The van der Waals surface area contributed by atoms with Crippen LogP contribution in [0.25, 0.3) is 0 Å². The average Bonchev–Trinajstić information content (AvgIpc) is 2.41. The second-order valence-corrected chi connectivity index (χ2v) is 4.86. The third-order valence-corrected chi connectivity index (χ3v) is 3.16. The number of nitrogen functional groups attached to an aromatic ring is 1. The lowest BCUT2D eigenvalue weighted by Gasteiger charge is -2.11. The first-order valence-corrected chi connectivity index (χ1v) is 6.36. The first-order valence-electron chi connectivity index (χ1n) is 5.98. The van der Waals surface area contributed by atoms with E-state index in [1.54, 1.807) is 25.1 Å². The third kappa shape index (κ3) is 3.22. The van der Waals surface area contributed by atoms with Crippen molar-refractivity contribution < 1.29 is 14.6 Å². The van der Waals surface area contributed by atoms with Gasteiger partial charge in [0.25, 0.3) is 0 Å². The van der Waals surface area contributed by atoms with Gasteiger partial charge in [-0.2, -0.15) is 0 Å². The van der Waals surface area contributed by atoms with Gasteiger partial charge in [0.2, 0.25) is 0 Å². The second kappa shape index (κ2) is 5.84. The molecule has 104 valence electrons. The maximum atomic E-state index is 11.1. The minimum Gasteiger partial charge on any atom is -0.489 e. The van der Waals surface area contributed by atoms with E-state index >= 15 is 0 Å². The summed E-state index contributed by atoms with van der Waals surface area (Å²) in [5, 5.41) is 9.74. The van der Waals surface area contributed by atoms with Gasteiger partial charge in [0.05, 0.1) is 5.56 Å². The molecule has 0 amide bonds. The molecule has 5 heteroatoms. The van der Waals surface area contributed by atoms with E-state index in [2.05, 4.69) is 0 Å². The monoisotopic (exact) mass is 291 g/mol. The fourth-order valence-electron chi connectivity index (χ4n) is 1.77. The molecule has 0 saturated heterocycles. The summed E-state index contributed by atoms with van der Waals surface area (Å²) in [6.07, 6.45) is 0. The standard InChI is InChI=1S/C15H14ClNO3/c1-9-6-12(7-13(14(9)17)15(18)19)20-8-10-2-4-11(16)5-3-10/h2-7H,8,17H2,1H3,(H,18,19). The van der Waals surface area contributed by atoms with Crippen LogP contribution in [0, 0.1) is 6.92 Å². The molecule has 0 atom stereocenters. The van der Waals surface area contributed by atoms with Crippen LogP contribution in [-0.4, -0.2) is 11.1 Å². The van der Waals surface area contributed by atoms with Crippen molar-refractivity contribution in [3.63, 3.8) is 0 Å². The summed E-state index contributed by atoms with van der Waals surface area (Å²) in [5.41, 5.74) is 7.66. The Morgan fingerprint density at radius 3 is 2.55 bits per heavy atom. The molecule has 0 heterocycles. The Hall–Kier alpha value is -2.20. The molecule has 0 radical (unpaired) electrons. The molecule has 20 heavy (non-hydrogen) atoms. The third-order valence-electron chi connectivity index (χ3n) is 2.91. The predicted molar refractivity (Wildman–Crippen MR) is 78.3 cm³/mol. The van der Waals surface area contributed by atoms with E-state index < -0.39 is 5.97 Å². The number of benzene rings is 2. The van der Waals surface area contributed by atoms with Crippen LogP contribution in [0.3, 0.4) is 0 Å². The number of nitrogens with two attached hydrogens (primary N) is 1. The minimum absolute atomic E-state index is 0.0520. The molecule has 0 aromatic heterocycles. The van der Waals surface area contributed by atoms with Gasteiger partial charge in [0.1, 0.15) is 12.4 Å². The highest BCUT2D eigenvalue weighted by atomic mass is 35.5. The molecule has 4 nitrogen and oxygen atoms in total. The van der Waals surface area contributed by atoms with Gasteiger partial charge in [-0.3, -0.25) is 0 Å². The Labute approximate surface area is 121 Å². The smallest absolute Gasteiger partial charge is 0.337 e. The summed E-state index contributed by atoms with van der Waals surface area (Å²) in [6.45, 7) is 2.08. The molecule has 0 spiro atoms. The summed E-state index contributed by atoms with van der Waals surface area (Å²) in [6, 6.07) is 10.4. The number of carboxylic acids is 1. The van der Waals surface area contributed by atoms with Gasteiger partial charge in [-0.05, 0) is 42.3 Å². The van der Waals surface area contributed by atoms with E-state index in [1.165, 1.54) is 6.07 Å². The zero-order valence-corrected chi connectivity index (χ0v) is 11.6. The maximum absolute atomic E-state index is 11.1. The van der Waals surface area contributed by atoms with E-state index in [0.29, 0.717) is 22.9 Å². The molecule has 0 aliphatic heterocycles. The molecule has 0 unspecified atom stereocenters. The number of aryl methyl sites for hydroxylation is 1. The Morgan fingerprint density at radius 1 is 1.30 bits per heavy atom. The molecule has 0 fully saturated rings. The Morgan fingerprint density at radius 2 is 1.95 bits per heavy atom. The van der Waals surface area contributed by atoms with Crippen molar-refractivity contribution in [2.45, 2.75) is 13.5 Å². The van der Waals surface area contributed by atoms with Gasteiger partial charge >= 0.3 is 5.97 Å². The Kier molecular flexibility index (Phi) is 4.15. The van der Waals surface area contributed by atoms with E-state index in [9.17, 15) is 4.79 Å². The lowest BCUT2D eigenvalue weighted by Crippen LogP contribution is -2.05. The highest BCUT2D eigenvalue weighted by Crippen LogP contribution is 2.25. The van der Waals surface area contributed by atoms with Crippen LogP contribution in [-0.2, 0) is 6.61 Å². The molecular weight excluding hydrogens is 278 g/mol. The summed E-state index contributed by atoms with van der Waals surface area (Å²) >= 11 is 5.80. The molecule has 2 aromatic carbocycles. The number of hydrogen-bond donors (Lipinski definition) is 2. The number of ether oxygens (including phenoxy) is 1. The van der Waals surface area contributed by atoms with Gasteiger partial charge in [0.15, 0.2) is 0 Å². The SMILES string of the molecule is Cc1cc(OCc2ccc(Cl)cc2)cc(C(=O)O)c1N. The van der Waals surface area contributed by atoms with Crippen molar-refractivity contribution in [2.24, 2.45) is 0 Å². The van der Waals surface area contributed by atoms with Crippen molar-refractivity contribution in [1.29, 1.82) is 0 Å². The fraction of sp³-hybridized carbons (Fsp3) is 0.133. The van der Waals surface area contributed by atoms with Crippen molar-refractivity contribution in [2.75, 3.05) is 5.73 Å². The van der Waals surface area contributed by atoms with Crippen LogP contribution < -0.4 is 10.5 Å². The van der Waals surface area contributed by atoms with Gasteiger partial charge in [-0.1, -0.05) is 23.7 Å². The summed E-state index contributed by atoms with van der Waals surface area (Å²) in [4.78, 5) is 11.1. The minimum atomic E-state index is -1.07. The van der Waals surface area contributed by atoms with Crippen molar-refractivity contribution in [3.05, 3.63) is 58.1 Å². The van der Waals surface area contributed by atoms with Crippen LogP contribution in [0.15, 0.2) is 36.4 Å². The summed E-state index contributed by atoms with van der Waals surface area (Å²) < 4.78 is 5.60. The zero-order valence-electron chi connectivity index (χ0n) is 10.9. The number of carbonyl (C=O) groups is 1. The van der Waals surface area contributed by atoms with E-state index in [1.807, 2.05) is 12.1 Å². The van der Waals surface area contributed by atoms with E-state index in [-0.39, 0.29) is 11.3 Å². The average molecular weight is 292 g/mol. The van der Waals surface area contributed by atoms with Crippen LogP contribution in [0.1, 0.15) is 21.5 Å². The van der Waals surface area contributed by atoms with Gasteiger partial charge in [-0.15, -0.1) is 0 Å². The predicted octanol–water partition coefficient (Wildman–Crippen LogP) is 3.51. The van der Waals surface area contributed by atoms with Crippen molar-refractivity contribution in [3.8, 4) is 5.75 Å². The van der Waals surface area contributed by atoms with Crippen LogP contribution in [0.4, 0.5) is 5.69 Å². The molecule has 2 aromatic rings. The van der Waals surface area contributed by atoms with Crippen molar-refractivity contribution in [1.82, 2.24) is 0 Å². The summed E-state index contributed by atoms with van der Waals surface area (Å²) in [7, 11) is 0. The fourth-order valence-corrected chi connectivity index (χ4v) is 1.90. The topological polar surface area (TPSA) is 72.5 Å². The number of rotatable bonds is 4. The lowest BCUT2D eigenvalue weighted by atomic mass is 10.1. The number of hydrogen-bond acceptors (Lipinski definition) is 3. The highest BCUT2D eigenvalue weighted by molar-refractivity contribution is 6.30. The molecule has 3 N–H and O–H groups in total. The summed E-state index contributed by atoms with van der Waals surface area (Å²) in [5.74, 6) is -0.591. The zero-order chi connectivity index (χ0) is 14.7. The van der Waals surface area contributed by atoms with Gasteiger partial charge < -0.3 is 15.6 Å². The van der Waals surface area contributed by atoms with E-state index in [4.69, 9.17) is 27.2 Å². The van der Waals surface area contributed by atoms with Crippen molar-refractivity contribution >= 4 is 23.3 Å². The number of aromatic carboxylic acids is 1. The molecule has 0 aliphatic rings. The molecular formula is C15H14ClNO3. The Balaban J connectivity index is 2.17. The first kappa shape index (κ1) is 14.2. The highest BCUT2D eigenvalue weighted by Gasteiger charge is 2.12. The molecule has 2 rings (SSSR count).